The molecular formula is C19H21FN4O3. The number of urea groups is 1. The maximum Gasteiger partial charge on any atom is 0.321 e. The molecule has 8 heteroatoms. The first-order valence-electron chi connectivity index (χ1n) is 8.42. The molecule has 0 aliphatic heterocycles. The van der Waals surface area contributed by atoms with Crippen LogP contribution in [0.1, 0.15) is 22.8 Å². The summed E-state index contributed by atoms with van der Waals surface area (Å²) in [6.07, 6.45) is 0. The molecule has 0 fully saturated rings. The fraction of sp³-hybridized carbons (Fsp3) is 0.211. The molecule has 0 heterocycles. The standard InChI is InChI=1S/C19H21FN4O3/c1-2-21-19(27)24-17(25)12-22-15-9-7-13(8-10-15)18(26)23-11-14-5-3-4-6-16(14)20/h3-10,22H,2,11-12H2,1H3,(H,23,26)(H2,21,24,25,27). The van der Waals surface area contributed by atoms with Crippen LogP contribution >= 0.6 is 0 Å². The second-order valence-corrected chi connectivity index (χ2v) is 5.61. The molecule has 4 amide bonds. The average Bonchev–Trinajstić information content (AvgIpc) is 2.66. The number of rotatable bonds is 7. The molecule has 2 aromatic rings. The smallest absolute Gasteiger partial charge is 0.321 e. The summed E-state index contributed by atoms with van der Waals surface area (Å²) in [5, 5.41) is 10.1. The summed E-state index contributed by atoms with van der Waals surface area (Å²) < 4.78 is 13.6. The third kappa shape index (κ3) is 6.43. The van der Waals surface area contributed by atoms with Crippen LogP contribution in [0.15, 0.2) is 48.5 Å². The fourth-order valence-electron chi connectivity index (χ4n) is 2.22. The van der Waals surface area contributed by atoms with Gasteiger partial charge < -0.3 is 16.0 Å². The van der Waals surface area contributed by atoms with Crippen molar-refractivity contribution in [3.8, 4) is 0 Å². The SMILES string of the molecule is CCNC(=O)NC(=O)CNc1ccc(C(=O)NCc2ccccc2F)cc1. The summed E-state index contributed by atoms with van der Waals surface area (Å²) in [6, 6.07) is 12.1. The maximum atomic E-state index is 13.6. The van der Waals surface area contributed by atoms with Crippen molar-refractivity contribution in [1.82, 2.24) is 16.0 Å². The van der Waals surface area contributed by atoms with Crippen LogP contribution in [-0.4, -0.2) is 30.9 Å². The molecule has 0 bridgehead atoms. The summed E-state index contributed by atoms with van der Waals surface area (Å²) >= 11 is 0. The Hall–Kier alpha value is -3.42. The van der Waals surface area contributed by atoms with E-state index in [4.69, 9.17) is 0 Å². The lowest BCUT2D eigenvalue weighted by molar-refractivity contribution is -0.118. The first-order chi connectivity index (χ1) is 13.0. The van der Waals surface area contributed by atoms with E-state index in [9.17, 15) is 18.8 Å². The first-order valence-corrected chi connectivity index (χ1v) is 8.42. The van der Waals surface area contributed by atoms with E-state index < -0.39 is 11.9 Å². The van der Waals surface area contributed by atoms with Gasteiger partial charge in [0.25, 0.3) is 5.91 Å². The molecule has 27 heavy (non-hydrogen) atoms. The van der Waals surface area contributed by atoms with Gasteiger partial charge >= 0.3 is 6.03 Å². The third-order valence-corrected chi connectivity index (χ3v) is 3.59. The summed E-state index contributed by atoms with van der Waals surface area (Å²) in [5.41, 5.74) is 1.43. The fourth-order valence-corrected chi connectivity index (χ4v) is 2.22. The molecular weight excluding hydrogens is 351 g/mol. The monoisotopic (exact) mass is 372 g/mol. The van der Waals surface area contributed by atoms with Crippen LogP contribution in [-0.2, 0) is 11.3 Å². The maximum absolute atomic E-state index is 13.6. The number of anilines is 1. The molecule has 4 N–H and O–H groups in total. The Labute approximate surface area is 156 Å². The Morgan fingerprint density at radius 1 is 0.963 bits per heavy atom. The van der Waals surface area contributed by atoms with Gasteiger partial charge in [-0.25, -0.2) is 9.18 Å². The molecule has 0 aliphatic rings. The number of hydrogen-bond acceptors (Lipinski definition) is 4. The average molecular weight is 372 g/mol. The highest BCUT2D eigenvalue weighted by atomic mass is 19.1. The number of imide groups is 1. The van der Waals surface area contributed by atoms with Crippen molar-refractivity contribution in [2.24, 2.45) is 0 Å². The molecule has 2 aromatic carbocycles. The molecule has 0 saturated carbocycles. The van der Waals surface area contributed by atoms with Crippen molar-refractivity contribution >= 4 is 23.5 Å². The van der Waals surface area contributed by atoms with Crippen LogP contribution in [0.5, 0.6) is 0 Å². The van der Waals surface area contributed by atoms with E-state index in [1.165, 1.54) is 6.07 Å². The molecule has 2 rings (SSSR count). The summed E-state index contributed by atoms with van der Waals surface area (Å²) in [5.74, 6) is -1.19. The van der Waals surface area contributed by atoms with Gasteiger partial charge in [0.05, 0.1) is 6.54 Å². The van der Waals surface area contributed by atoms with Crippen LogP contribution in [0.4, 0.5) is 14.9 Å². The van der Waals surface area contributed by atoms with Crippen molar-refractivity contribution in [2.75, 3.05) is 18.4 Å². The first kappa shape index (κ1) is 19.9. The Morgan fingerprint density at radius 3 is 2.33 bits per heavy atom. The minimum atomic E-state index is -0.550. The van der Waals surface area contributed by atoms with Gasteiger partial charge in [0, 0.05) is 29.9 Å². The third-order valence-electron chi connectivity index (χ3n) is 3.59. The number of nitrogens with one attached hydrogen (secondary N) is 4. The highest BCUT2D eigenvalue weighted by Crippen LogP contribution is 2.10. The summed E-state index contributed by atoms with van der Waals surface area (Å²) in [4.78, 5) is 35.0. The van der Waals surface area contributed by atoms with Crippen LogP contribution in [0.3, 0.4) is 0 Å². The number of carbonyl (C=O) groups excluding carboxylic acids is 3. The molecule has 0 saturated heterocycles. The normalized spacial score (nSPS) is 10.0. The van der Waals surface area contributed by atoms with Crippen LogP contribution in [0, 0.1) is 5.82 Å². The minimum absolute atomic E-state index is 0.0873. The summed E-state index contributed by atoms with van der Waals surface area (Å²) in [7, 11) is 0. The molecule has 0 unspecified atom stereocenters. The zero-order valence-electron chi connectivity index (χ0n) is 14.8. The van der Waals surface area contributed by atoms with Crippen molar-refractivity contribution < 1.29 is 18.8 Å². The predicted molar refractivity (Wildman–Crippen MR) is 99.7 cm³/mol. The number of hydrogen-bond donors (Lipinski definition) is 4. The van der Waals surface area contributed by atoms with Gasteiger partial charge in [0.2, 0.25) is 5.91 Å². The topological polar surface area (TPSA) is 99.3 Å². The van der Waals surface area contributed by atoms with Gasteiger partial charge in [0.1, 0.15) is 5.82 Å². The Balaban J connectivity index is 1.82. The van der Waals surface area contributed by atoms with Crippen molar-refractivity contribution in [3.05, 3.63) is 65.5 Å². The van der Waals surface area contributed by atoms with E-state index in [1.807, 2.05) is 0 Å². The Morgan fingerprint density at radius 2 is 1.67 bits per heavy atom. The van der Waals surface area contributed by atoms with E-state index in [2.05, 4.69) is 21.3 Å². The second-order valence-electron chi connectivity index (χ2n) is 5.61. The molecule has 0 aromatic heterocycles. The van der Waals surface area contributed by atoms with Gasteiger partial charge in [-0.1, -0.05) is 18.2 Å². The minimum Gasteiger partial charge on any atom is -0.376 e. The van der Waals surface area contributed by atoms with E-state index in [0.717, 1.165) is 0 Å². The van der Waals surface area contributed by atoms with Gasteiger partial charge in [0.15, 0.2) is 0 Å². The molecule has 0 atom stereocenters. The zero-order chi connectivity index (χ0) is 19.6. The second kappa shape index (κ2) is 9.91. The molecule has 142 valence electrons. The molecule has 0 spiro atoms. The largest absolute Gasteiger partial charge is 0.376 e. The number of amides is 4. The lowest BCUT2D eigenvalue weighted by Gasteiger charge is -2.09. The highest BCUT2D eigenvalue weighted by Gasteiger charge is 2.09. The van der Waals surface area contributed by atoms with E-state index in [0.29, 0.717) is 23.4 Å². The van der Waals surface area contributed by atoms with E-state index >= 15 is 0 Å². The quantitative estimate of drug-likeness (QED) is 0.597. The predicted octanol–water partition coefficient (Wildman–Crippen LogP) is 2.01. The molecule has 7 nitrogen and oxygen atoms in total. The van der Waals surface area contributed by atoms with E-state index in [1.54, 1.807) is 49.4 Å². The lowest BCUT2D eigenvalue weighted by Crippen LogP contribution is -2.41. The van der Waals surface area contributed by atoms with Crippen molar-refractivity contribution in [2.45, 2.75) is 13.5 Å². The molecule has 0 aliphatic carbocycles. The van der Waals surface area contributed by atoms with Crippen LogP contribution in [0.25, 0.3) is 0 Å². The Kier molecular flexibility index (Phi) is 7.30. The number of benzene rings is 2. The van der Waals surface area contributed by atoms with E-state index in [-0.39, 0.29) is 24.8 Å². The van der Waals surface area contributed by atoms with Gasteiger partial charge in [-0.15, -0.1) is 0 Å². The molecule has 0 radical (unpaired) electrons. The van der Waals surface area contributed by atoms with Crippen LogP contribution < -0.4 is 21.3 Å². The lowest BCUT2D eigenvalue weighted by atomic mass is 10.1. The van der Waals surface area contributed by atoms with Gasteiger partial charge in [-0.05, 0) is 37.3 Å². The van der Waals surface area contributed by atoms with Crippen LogP contribution in [0.2, 0.25) is 0 Å². The van der Waals surface area contributed by atoms with Crippen molar-refractivity contribution in [3.63, 3.8) is 0 Å². The van der Waals surface area contributed by atoms with Crippen molar-refractivity contribution in [1.29, 1.82) is 0 Å². The number of carbonyl (C=O) groups is 3. The number of halogens is 1. The zero-order valence-corrected chi connectivity index (χ0v) is 14.8. The Bertz CT molecular complexity index is 809. The highest BCUT2D eigenvalue weighted by molar-refractivity contribution is 5.96. The van der Waals surface area contributed by atoms with Gasteiger partial charge in [-0.3, -0.25) is 14.9 Å². The van der Waals surface area contributed by atoms with Gasteiger partial charge in [-0.2, -0.15) is 0 Å². The summed E-state index contributed by atoms with van der Waals surface area (Å²) in [6.45, 7) is 2.17.